The van der Waals surface area contributed by atoms with E-state index in [9.17, 15) is 8.42 Å². The number of nitrogens with one attached hydrogen (secondary N) is 2. The van der Waals surface area contributed by atoms with Gasteiger partial charge in [-0.2, -0.15) is 5.10 Å². The lowest BCUT2D eigenvalue weighted by molar-refractivity contribution is 0.401. The maximum atomic E-state index is 12.5. The number of ether oxygens (including phenoxy) is 1. The summed E-state index contributed by atoms with van der Waals surface area (Å²) in [4.78, 5) is 3.97. The molecule has 0 bridgehead atoms. The predicted molar refractivity (Wildman–Crippen MR) is 76.0 cm³/mol. The van der Waals surface area contributed by atoms with Crippen molar-refractivity contribution in [2.45, 2.75) is 24.4 Å². The Morgan fingerprint density at radius 1 is 1.48 bits per heavy atom. The minimum atomic E-state index is -3.78. The molecule has 2 rings (SSSR count). The van der Waals surface area contributed by atoms with Crippen molar-refractivity contribution in [3.05, 3.63) is 35.9 Å². The molecule has 0 spiro atoms. The first-order valence-corrected chi connectivity index (χ1v) is 7.71. The lowest BCUT2D eigenvalue weighted by Gasteiger charge is -2.15. The monoisotopic (exact) mass is 311 g/mol. The first-order valence-electron chi connectivity index (χ1n) is 6.22. The van der Waals surface area contributed by atoms with Crippen LogP contribution in [-0.4, -0.2) is 30.7 Å². The van der Waals surface area contributed by atoms with Crippen molar-refractivity contribution < 1.29 is 13.2 Å². The average Bonchev–Trinajstić information content (AvgIpc) is 3.00. The third-order valence-corrected chi connectivity index (χ3v) is 4.49. The molecule has 0 aliphatic carbocycles. The van der Waals surface area contributed by atoms with Crippen molar-refractivity contribution in [1.29, 1.82) is 0 Å². The second kappa shape index (κ2) is 6.20. The Labute approximate surface area is 122 Å². The van der Waals surface area contributed by atoms with Gasteiger partial charge in [-0.05, 0) is 24.6 Å². The topological polar surface area (TPSA) is 123 Å². The fourth-order valence-electron chi connectivity index (χ4n) is 1.83. The summed E-state index contributed by atoms with van der Waals surface area (Å²) >= 11 is 0. The number of nitrogens with two attached hydrogens (primary N) is 1. The van der Waals surface area contributed by atoms with E-state index in [1.54, 1.807) is 19.1 Å². The van der Waals surface area contributed by atoms with Crippen molar-refractivity contribution >= 4 is 10.0 Å². The van der Waals surface area contributed by atoms with Crippen LogP contribution in [0, 0.1) is 0 Å². The summed E-state index contributed by atoms with van der Waals surface area (Å²) in [7, 11) is -2.37. The molecule has 1 atom stereocenters. The number of benzene rings is 1. The van der Waals surface area contributed by atoms with E-state index in [0.717, 1.165) is 0 Å². The number of hydrogen-bond acceptors (Lipinski definition) is 6. The molecule has 114 valence electrons. The summed E-state index contributed by atoms with van der Waals surface area (Å²) in [5.74, 6) is 0.678. The zero-order valence-corrected chi connectivity index (χ0v) is 12.5. The van der Waals surface area contributed by atoms with Gasteiger partial charge >= 0.3 is 0 Å². The molecule has 0 fully saturated rings. The van der Waals surface area contributed by atoms with E-state index in [1.165, 1.54) is 19.5 Å². The quantitative estimate of drug-likeness (QED) is 0.705. The van der Waals surface area contributed by atoms with Crippen molar-refractivity contribution in [3.63, 3.8) is 0 Å². The standard InChI is InChI=1S/C12H17N5O3S/c1-8(12-14-7-15-16-12)17-21(18,19)11-5-9(6-13)3-4-10(11)20-2/h3-5,7-8,17H,6,13H2,1-2H3,(H,14,15,16). The third-order valence-electron chi connectivity index (χ3n) is 2.93. The Morgan fingerprint density at radius 3 is 2.81 bits per heavy atom. The summed E-state index contributed by atoms with van der Waals surface area (Å²) in [6.45, 7) is 1.90. The van der Waals surface area contributed by atoms with Crippen LogP contribution in [0.1, 0.15) is 24.4 Å². The van der Waals surface area contributed by atoms with E-state index in [-0.39, 0.29) is 17.2 Å². The molecule has 1 aromatic carbocycles. The highest BCUT2D eigenvalue weighted by molar-refractivity contribution is 7.89. The lowest BCUT2D eigenvalue weighted by atomic mass is 10.2. The Balaban J connectivity index is 2.34. The number of nitrogens with zero attached hydrogens (tertiary/aromatic N) is 2. The molecule has 2 aromatic rings. The number of sulfonamides is 1. The minimum absolute atomic E-state index is 0.0410. The Hall–Kier alpha value is -1.97. The molecule has 0 aliphatic heterocycles. The summed E-state index contributed by atoms with van der Waals surface area (Å²) in [6.07, 6.45) is 1.32. The molecular formula is C12H17N5O3S. The van der Waals surface area contributed by atoms with Crippen molar-refractivity contribution in [2.24, 2.45) is 5.73 Å². The molecule has 0 radical (unpaired) electrons. The Kier molecular flexibility index (Phi) is 4.56. The molecule has 4 N–H and O–H groups in total. The van der Waals surface area contributed by atoms with Gasteiger partial charge in [0.15, 0.2) is 0 Å². The predicted octanol–water partition coefficient (Wildman–Crippen LogP) is 0.311. The van der Waals surface area contributed by atoms with Crippen LogP contribution in [-0.2, 0) is 16.6 Å². The minimum Gasteiger partial charge on any atom is -0.495 e. The Morgan fingerprint density at radius 2 is 2.24 bits per heavy atom. The lowest BCUT2D eigenvalue weighted by Crippen LogP contribution is -2.28. The van der Waals surface area contributed by atoms with E-state index in [2.05, 4.69) is 19.9 Å². The van der Waals surface area contributed by atoms with Gasteiger partial charge in [0.25, 0.3) is 0 Å². The summed E-state index contributed by atoms with van der Waals surface area (Å²) in [5, 5.41) is 6.32. The molecule has 1 unspecified atom stereocenters. The fraction of sp³-hybridized carbons (Fsp3) is 0.333. The summed E-state index contributed by atoms with van der Waals surface area (Å²) < 4.78 is 32.6. The highest BCUT2D eigenvalue weighted by Crippen LogP contribution is 2.26. The summed E-state index contributed by atoms with van der Waals surface area (Å²) in [6, 6.07) is 4.24. The van der Waals surface area contributed by atoms with E-state index >= 15 is 0 Å². The van der Waals surface area contributed by atoms with E-state index in [1.807, 2.05) is 0 Å². The largest absolute Gasteiger partial charge is 0.495 e. The molecule has 0 saturated heterocycles. The fourth-order valence-corrected chi connectivity index (χ4v) is 3.26. The number of hydrogen-bond donors (Lipinski definition) is 3. The maximum Gasteiger partial charge on any atom is 0.244 e. The second-order valence-corrected chi connectivity index (χ2v) is 6.09. The average molecular weight is 311 g/mol. The van der Waals surface area contributed by atoms with Gasteiger partial charge in [0.05, 0.1) is 13.2 Å². The van der Waals surface area contributed by atoms with Gasteiger partial charge in [0.1, 0.15) is 22.8 Å². The normalized spacial score (nSPS) is 13.1. The molecule has 9 heteroatoms. The van der Waals surface area contributed by atoms with Crippen LogP contribution in [0.3, 0.4) is 0 Å². The van der Waals surface area contributed by atoms with Crippen LogP contribution in [0.5, 0.6) is 5.75 Å². The Bertz CT molecular complexity index is 700. The van der Waals surface area contributed by atoms with E-state index in [0.29, 0.717) is 11.4 Å². The van der Waals surface area contributed by atoms with Gasteiger partial charge < -0.3 is 10.5 Å². The molecule has 0 amide bonds. The number of aromatic amines is 1. The second-order valence-electron chi connectivity index (χ2n) is 4.40. The van der Waals surface area contributed by atoms with E-state index < -0.39 is 16.1 Å². The number of methoxy groups -OCH3 is 1. The van der Waals surface area contributed by atoms with Gasteiger partial charge in [-0.25, -0.2) is 18.1 Å². The molecule has 1 aromatic heterocycles. The van der Waals surface area contributed by atoms with Crippen LogP contribution in [0.15, 0.2) is 29.4 Å². The smallest absolute Gasteiger partial charge is 0.244 e. The highest BCUT2D eigenvalue weighted by Gasteiger charge is 2.23. The maximum absolute atomic E-state index is 12.5. The van der Waals surface area contributed by atoms with Crippen LogP contribution in [0.25, 0.3) is 0 Å². The molecular weight excluding hydrogens is 294 g/mol. The van der Waals surface area contributed by atoms with Crippen LogP contribution >= 0.6 is 0 Å². The van der Waals surface area contributed by atoms with Gasteiger partial charge in [0, 0.05) is 6.54 Å². The van der Waals surface area contributed by atoms with Crippen molar-refractivity contribution in [3.8, 4) is 5.75 Å². The van der Waals surface area contributed by atoms with Gasteiger partial charge in [-0.3, -0.25) is 5.10 Å². The van der Waals surface area contributed by atoms with Gasteiger partial charge in [-0.15, -0.1) is 0 Å². The molecule has 0 saturated carbocycles. The molecule has 1 heterocycles. The number of rotatable bonds is 6. The van der Waals surface area contributed by atoms with Gasteiger partial charge in [-0.1, -0.05) is 6.07 Å². The highest BCUT2D eigenvalue weighted by atomic mass is 32.2. The number of aromatic nitrogens is 3. The van der Waals surface area contributed by atoms with Gasteiger partial charge in [0.2, 0.25) is 10.0 Å². The SMILES string of the molecule is COc1ccc(CN)cc1S(=O)(=O)NC(C)c1ncn[nH]1. The van der Waals surface area contributed by atoms with Crippen LogP contribution < -0.4 is 15.2 Å². The third kappa shape index (κ3) is 3.38. The molecule has 21 heavy (non-hydrogen) atoms. The number of H-pyrrole nitrogens is 1. The first kappa shape index (κ1) is 15.4. The van der Waals surface area contributed by atoms with Crippen molar-refractivity contribution in [1.82, 2.24) is 19.9 Å². The molecule has 0 aliphatic rings. The first-order chi connectivity index (χ1) is 9.97. The van der Waals surface area contributed by atoms with Crippen LogP contribution in [0.2, 0.25) is 0 Å². The molecule has 8 nitrogen and oxygen atoms in total. The summed E-state index contributed by atoms with van der Waals surface area (Å²) in [5.41, 5.74) is 6.25. The zero-order chi connectivity index (χ0) is 15.5. The van der Waals surface area contributed by atoms with E-state index in [4.69, 9.17) is 10.5 Å². The van der Waals surface area contributed by atoms with Crippen LogP contribution in [0.4, 0.5) is 0 Å². The zero-order valence-electron chi connectivity index (χ0n) is 11.7. The van der Waals surface area contributed by atoms with Crippen molar-refractivity contribution in [2.75, 3.05) is 7.11 Å².